The Morgan fingerprint density at radius 1 is 0.931 bits per heavy atom. The molecule has 0 aliphatic heterocycles. The SMILES string of the molecule is O=C(Nc1cccc([N+](=O)[O-])c1)[C@@](F)(OC(F)(F)C(F)(F)C(F)(F)F)C(F)(F)F. The van der Waals surface area contributed by atoms with Gasteiger partial charge in [-0.15, -0.1) is 0 Å². The van der Waals surface area contributed by atoms with Crippen molar-refractivity contribution >= 4 is 17.3 Å². The van der Waals surface area contributed by atoms with Gasteiger partial charge in [0.05, 0.1) is 4.92 Å². The first-order chi connectivity index (χ1) is 12.8. The van der Waals surface area contributed by atoms with E-state index in [1.54, 1.807) is 0 Å². The van der Waals surface area contributed by atoms with Crippen molar-refractivity contribution in [2.24, 2.45) is 0 Å². The molecule has 0 radical (unpaired) electrons. The topological polar surface area (TPSA) is 81.5 Å². The second-order valence-electron chi connectivity index (χ2n) is 5.05. The van der Waals surface area contributed by atoms with E-state index in [2.05, 4.69) is 4.74 Å². The van der Waals surface area contributed by atoms with Crippen LogP contribution in [0.25, 0.3) is 0 Å². The van der Waals surface area contributed by atoms with E-state index < -0.39 is 52.4 Å². The Labute approximate surface area is 151 Å². The van der Waals surface area contributed by atoms with Gasteiger partial charge < -0.3 is 5.32 Å². The molecule has 0 aromatic heterocycles. The van der Waals surface area contributed by atoms with E-state index in [-0.39, 0.29) is 0 Å². The minimum absolute atomic E-state index is 0.303. The first kappa shape index (κ1) is 24.3. The van der Waals surface area contributed by atoms with Gasteiger partial charge in [-0.1, -0.05) is 6.07 Å². The van der Waals surface area contributed by atoms with Crippen LogP contribution in [0.4, 0.5) is 59.7 Å². The molecular weight excluding hydrogens is 445 g/mol. The fourth-order valence-electron chi connectivity index (χ4n) is 1.55. The number of benzene rings is 1. The number of rotatable bonds is 6. The van der Waals surface area contributed by atoms with Gasteiger partial charge in [0.1, 0.15) is 0 Å². The summed E-state index contributed by atoms with van der Waals surface area (Å²) in [5, 5.41) is 11.4. The summed E-state index contributed by atoms with van der Waals surface area (Å²) in [5.74, 6) is -17.0. The summed E-state index contributed by atoms with van der Waals surface area (Å²) in [6.45, 7) is 0. The molecule has 0 spiro atoms. The van der Waals surface area contributed by atoms with Crippen LogP contribution in [-0.4, -0.2) is 41.1 Å². The van der Waals surface area contributed by atoms with Gasteiger partial charge in [0, 0.05) is 17.8 Å². The Morgan fingerprint density at radius 2 is 1.45 bits per heavy atom. The zero-order valence-corrected chi connectivity index (χ0v) is 13.0. The molecule has 164 valence electrons. The number of carbonyl (C=O) groups excluding carboxylic acids is 1. The van der Waals surface area contributed by atoms with Gasteiger partial charge in [-0.2, -0.15) is 48.3 Å². The molecule has 0 aliphatic rings. The van der Waals surface area contributed by atoms with Crippen molar-refractivity contribution in [3.63, 3.8) is 0 Å². The predicted molar refractivity (Wildman–Crippen MR) is 68.7 cm³/mol. The number of ether oxygens (including phenoxy) is 1. The predicted octanol–water partition coefficient (Wildman–Crippen LogP) is 4.57. The third-order valence-electron chi connectivity index (χ3n) is 2.96. The molecule has 1 N–H and O–H groups in total. The average Bonchev–Trinajstić information content (AvgIpc) is 2.52. The number of nitrogens with zero attached hydrogens (tertiary/aromatic N) is 1. The maximum atomic E-state index is 14.0. The van der Waals surface area contributed by atoms with Crippen molar-refractivity contribution in [3.8, 4) is 0 Å². The minimum Gasteiger partial charge on any atom is -0.321 e. The monoisotopic (exact) mass is 450 g/mol. The lowest BCUT2D eigenvalue weighted by atomic mass is 10.2. The van der Waals surface area contributed by atoms with Crippen molar-refractivity contribution in [2.75, 3.05) is 5.32 Å². The number of hydrogen-bond acceptors (Lipinski definition) is 4. The molecule has 1 rings (SSSR count). The quantitative estimate of drug-likeness (QED) is 0.391. The van der Waals surface area contributed by atoms with Crippen LogP contribution in [0.2, 0.25) is 0 Å². The van der Waals surface area contributed by atoms with Gasteiger partial charge in [-0.25, -0.2) is 0 Å². The third kappa shape index (κ3) is 4.65. The molecule has 0 saturated heterocycles. The van der Waals surface area contributed by atoms with E-state index in [0.29, 0.717) is 12.1 Å². The zero-order chi connectivity index (χ0) is 23.1. The number of carbonyl (C=O) groups is 1. The molecule has 0 fully saturated rings. The van der Waals surface area contributed by atoms with E-state index in [1.807, 2.05) is 0 Å². The highest BCUT2D eigenvalue weighted by molar-refractivity contribution is 5.97. The van der Waals surface area contributed by atoms with Crippen molar-refractivity contribution in [1.29, 1.82) is 0 Å². The van der Waals surface area contributed by atoms with Crippen molar-refractivity contribution in [2.45, 2.75) is 30.2 Å². The number of halogens is 11. The molecule has 0 saturated carbocycles. The van der Waals surface area contributed by atoms with Gasteiger partial charge in [0.2, 0.25) is 0 Å². The van der Waals surface area contributed by atoms with Crippen LogP contribution >= 0.6 is 0 Å². The van der Waals surface area contributed by atoms with E-state index in [4.69, 9.17) is 0 Å². The van der Waals surface area contributed by atoms with Crippen LogP contribution in [-0.2, 0) is 9.53 Å². The van der Waals surface area contributed by atoms with Gasteiger partial charge in [0.25, 0.3) is 11.6 Å². The van der Waals surface area contributed by atoms with Crippen LogP contribution in [0.3, 0.4) is 0 Å². The number of nitrogens with one attached hydrogen (secondary N) is 1. The highest BCUT2D eigenvalue weighted by Gasteiger charge is 2.79. The van der Waals surface area contributed by atoms with Gasteiger partial charge in [-0.3, -0.25) is 19.6 Å². The van der Waals surface area contributed by atoms with Crippen LogP contribution in [0.15, 0.2) is 24.3 Å². The summed E-state index contributed by atoms with van der Waals surface area (Å²) < 4.78 is 142. The summed E-state index contributed by atoms with van der Waals surface area (Å²) in [7, 11) is 0. The van der Waals surface area contributed by atoms with Crippen LogP contribution in [0.1, 0.15) is 0 Å². The third-order valence-corrected chi connectivity index (χ3v) is 2.96. The fraction of sp³-hybridized carbons (Fsp3) is 0.417. The summed E-state index contributed by atoms with van der Waals surface area (Å²) in [6.07, 6.45) is -21.2. The largest absolute Gasteiger partial charge is 0.462 e. The standard InChI is InChI=1S/C12H5F11N2O4/c13-8(10(16,17)18,29-12(22,23)9(14,15)11(19,20)21)7(26)24-5-2-1-3-6(4-5)25(27)28/h1-4H,(H,24,26)/t8-/m1/s1. The Kier molecular flexibility index (Phi) is 6.10. The summed E-state index contributed by atoms with van der Waals surface area (Å²) in [6, 6.07) is 2.35. The van der Waals surface area contributed by atoms with Gasteiger partial charge in [0.15, 0.2) is 0 Å². The maximum absolute atomic E-state index is 14.0. The Balaban J connectivity index is 3.33. The molecule has 6 nitrogen and oxygen atoms in total. The van der Waals surface area contributed by atoms with Crippen molar-refractivity contribution in [3.05, 3.63) is 34.4 Å². The number of non-ortho nitro benzene ring substituents is 1. The zero-order valence-electron chi connectivity index (χ0n) is 13.0. The van der Waals surface area contributed by atoms with Gasteiger partial charge >= 0.3 is 30.2 Å². The number of nitro benzene ring substituents is 1. The Hall–Kier alpha value is -2.72. The molecule has 1 amide bonds. The van der Waals surface area contributed by atoms with E-state index in [0.717, 1.165) is 17.4 Å². The second kappa shape index (κ2) is 7.27. The van der Waals surface area contributed by atoms with Crippen LogP contribution in [0, 0.1) is 10.1 Å². The number of hydrogen-bond donors (Lipinski definition) is 1. The van der Waals surface area contributed by atoms with Crippen LogP contribution in [0.5, 0.6) is 0 Å². The molecule has 29 heavy (non-hydrogen) atoms. The molecule has 0 bridgehead atoms. The minimum atomic E-state index is -7.32. The first-order valence-electron chi connectivity index (χ1n) is 6.60. The smallest absolute Gasteiger partial charge is 0.321 e. The lowest BCUT2D eigenvalue weighted by Gasteiger charge is -2.34. The molecule has 1 aromatic carbocycles. The summed E-state index contributed by atoms with van der Waals surface area (Å²) in [4.78, 5) is 20.8. The summed E-state index contributed by atoms with van der Waals surface area (Å²) >= 11 is 0. The van der Waals surface area contributed by atoms with E-state index in [9.17, 15) is 63.2 Å². The molecule has 0 unspecified atom stereocenters. The lowest BCUT2D eigenvalue weighted by molar-refractivity contribution is -0.472. The molecule has 0 heterocycles. The van der Waals surface area contributed by atoms with Gasteiger partial charge in [-0.05, 0) is 6.07 Å². The number of alkyl halides is 11. The highest BCUT2D eigenvalue weighted by Crippen LogP contribution is 2.51. The van der Waals surface area contributed by atoms with Crippen LogP contribution < -0.4 is 5.32 Å². The lowest BCUT2D eigenvalue weighted by Crippen LogP contribution is -2.62. The van der Waals surface area contributed by atoms with E-state index in [1.165, 1.54) is 0 Å². The number of anilines is 1. The first-order valence-corrected chi connectivity index (χ1v) is 6.60. The van der Waals surface area contributed by atoms with Crippen molar-refractivity contribution < 1.29 is 62.7 Å². The average molecular weight is 450 g/mol. The molecule has 0 aliphatic carbocycles. The Morgan fingerprint density at radius 3 is 1.86 bits per heavy atom. The number of amides is 1. The summed E-state index contributed by atoms with van der Waals surface area (Å²) in [5.41, 5.74) is -1.92. The molecule has 1 atom stereocenters. The second-order valence-corrected chi connectivity index (χ2v) is 5.05. The maximum Gasteiger partial charge on any atom is 0.462 e. The number of nitro groups is 1. The highest BCUT2D eigenvalue weighted by atomic mass is 19.4. The molecular formula is C12H5F11N2O4. The Bertz CT molecular complexity index is 793. The fourth-order valence-corrected chi connectivity index (χ4v) is 1.55. The van der Waals surface area contributed by atoms with E-state index >= 15 is 0 Å². The van der Waals surface area contributed by atoms with Crippen molar-refractivity contribution in [1.82, 2.24) is 0 Å². The molecule has 1 aromatic rings. The molecule has 17 heteroatoms. The normalized spacial score (nSPS) is 15.6.